The summed E-state index contributed by atoms with van der Waals surface area (Å²) in [6.45, 7) is 2.88. The average molecular weight is 261 g/mol. The molecule has 1 aromatic heterocycles. The van der Waals surface area contributed by atoms with E-state index in [1.54, 1.807) is 11.3 Å². The van der Waals surface area contributed by atoms with E-state index in [9.17, 15) is 5.11 Å². The number of hydrogen-bond donors (Lipinski definition) is 1. The molecule has 0 amide bonds. The summed E-state index contributed by atoms with van der Waals surface area (Å²) in [5, 5.41) is 12.2. The summed E-state index contributed by atoms with van der Waals surface area (Å²) in [6.07, 6.45) is 0.358. The molecule has 0 saturated carbocycles. The minimum atomic E-state index is -0.382. The van der Waals surface area contributed by atoms with Crippen molar-refractivity contribution in [2.75, 3.05) is 11.9 Å². The molecule has 1 N–H and O–H groups in total. The zero-order valence-corrected chi connectivity index (χ0v) is 11.7. The number of aliphatic hydroxyl groups excluding tert-OH is 1. The van der Waals surface area contributed by atoms with Crippen molar-refractivity contribution in [2.45, 2.75) is 26.0 Å². The second-order valence-electron chi connectivity index (χ2n) is 4.42. The van der Waals surface area contributed by atoms with Gasteiger partial charge in [-0.1, -0.05) is 31.2 Å². The molecule has 1 aromatic carbocycles. The van der Waals surface area contributed by atoms with Crippen LogP contribution in [0, 0.1) is 0 Å². The molecule has 2 rings (SSSR count). The molecule has 2 aromatic rings. The summed E-state index contributed by atoms with van der Waals surface area (Å²) < 4.78 is 0. The summed E-state index contributed by atoms with van der Waals surface area (Å²) >= 11 is 1.76. The lowest BCUT2D eigenvalue weighted by atomic mass is 10.0. The first-order valence-corrected chi connectivity index (χ1v) is 7.11. The van der Waals surface area contributed by atoms with E-state index in [0.29, 0.717) is 0 Å². The van der Waals surface area contributed by atoms with Gasteiger partial charge in [0, 0.05) is 23.2 Å². The van der Waals surface area contributed by atoms with Crippen molar-refractivity contribution in [3.63, 3.8) is 0 Å². The zero-order chi connectivity index (χ0) is 13.0. The summed E-state index contributed by atoms with van der Waals surface area (Å²) in [6, 6.07) is 12.3. The summed E-state index contributed by atoms with van der Waals surface area (Å²) in [5.74, 6) is 0. The van der Waals surface area contributed by atoms with Crippen LogP contribution in [0.25, 0.3) is 0 Å². The smallest absolute Gasteiger partial charge is 0.0807 e. The number of benzene rings is 1. The van der Waals surface area contributed by atoms with Gasteiger partial charge < -0.3 is 10.0 Å². The van der Waals surface area contributed by atoms with Gasteiger partial charge in [0.1, 0.15) is 0 Å². The minimum absolute atomic E-state index is 0.382. The van der Waals surface area contributed by atoms with E-state index >= 15 is 0 Å². The Hall–Kier alpha value is -1.32. The first-order valence-electron chi connectivity index (χ1n) is 6.23. The SMILES string of the molecule is CC[C@H](O)c1ccccc1N(C)Cc1cccs1. The molecule has 1 heterocycles. The maximum atomic E-state index is 10.1. The zero-order valence-electron chi connectivity index (χ0n) is 10.8. The fourth-order valence-corrected chi connectivity index (χ4v) is 2.82. The molecule has 0 fully saturated rings. The molecule has 0 aliphatic carbocycles. The molecule has 0 aliphatic rings. The first kappa shape index (κ1) is 13.1. The van der Waals surface area contributed by atoms with Crippen LogP contribution in [0.2, 0.25) is 0 Å². The molecule has 0 spiro atoms. The van der Waals surface area contributed by atoms with Crippen molar-refractivity contribution in [3.8, 4) is 0 Å². The highest BCUT2D eigenvalue weighted by Crippen LogP contribution is 2.28. The Balaban J connectivity index is 2.21. The van der Waals surface area contributed by atoms with Gasteiger partial charge in [-0.25, -0.2) is 0 Å². The predicted molar refractivity (Wildman–Crippen MR) is 78.1 cm³/mol. The Kier molecular flexibility index (Phi) is 4.39. The lowest BCUT2D eigenvalue weighted by molar-refractivity contribution is 0.174. The van der Waals surface area contributed by atoms with Crippen molar-refractivity contribution in [1.29, 1.82) is 0 Å². The molecular weight excluding hydrogens is 242 g/mol. The van der Waals surface area contributed by atoms with Crippen LogP contribution in [0.5, 0.6) is 0 Å². The van der Waals surface area contributed by atoms with Crippen molar-refractivity contribution in [2.24, 2.45) is 0 Å². The van der Waals surface area contributed by atoms with Crippen LogP contribution < -0.4 is 4.90 Å². The van der Waals surface area contributed by atoms with Crippen LogP contribution in [0.1, 0.15) is 29.9 Å². The van der Waals surface area contributed by atoms with Crippen molar-refractivity contribution >= 4 is 17.0 Å². The van der Waals surface area contributed by atoms with Crippen LogP contribution in [-0.2, 0) is 6.54 Å². The van der Waals surface area contributed by atoms with Gasteiger partial charge in [-0.05, 0) is 23.9 Å². The van der Waals surface area contributed by atoms with Crippen molar-refractivity contribution < 1.29 is 5.11 Å². The van der Waals surface area contributed by atoms with E-state index in [0.717, 1.165) is 24.2 Å². The van der Waals surface area contributed by atoms with Gasteiger partial charge in [-0.15, -0.1) is 11.3 Å². The maximum absolute atomic E-state index is 10.1. The van der Waals surface area contributed by atoms with Crippen LogP contribution in [0.3, 0.4) is 0 Å². The van der Waals surface area contributed by atoms with Gasteiger partial charge in [-0.2, -0.15) is 0 Å². The van der Waals surface area contributed by atoms with Crippen molar-refractivity contribution in [3.05, 3.63) is 52.2 Å². The quantitative estimate of drug-likeness (QED) is 0.884. The van der Waals surface area contributed by atoms with Gasteiger partial charge >= 0.3 is 0 Å². The van der Waals surface area contributed by atoms with E-state index in [1.165, 1.54) is 4.88 Å². The Morgan fingerprint density at radius 3 is 2.67 bits per heavy atom. The molecule has 0 saturated heterocycles. The number of aliphatic hydroxyl groups is 1. The molecular formula is C15H19NOS. The van der Waals surface area contributed by atoms with Gasteiger partial charge in [0.05, 0.1) is 12.6 Å². The highest BCUT2D eigenvalue weighted by Gasteiger charge is 2.13. The van der Waals surface area contributed by atoms with E-state index in [1.807, 2.05) is 25.1 Å². The Morgan fingerprint density at radius 1 is 1.22 bits per heavy atom. The molecule has 96 valence electrons. The third-order valence-corrected chi connectivity index (χ3v) is 3.93. The molecule has 0 radical (unpaired) electrons. The number of nitrogens with zero attached hydrogens (tertiary/aromatic N) is 1. The van der Waals surface area contributed by atoms with Gasteiger partial charge in [-0.3, -0.25) is 0 Å². The second-order valence-corrected chi connectivity index (χ2v) is 5.45. The summed E-state index contributed by atoms with van der Waals surface area (Å²) in [7, 11) is 2.07. The topological polar surface area (TPSA) is 23.5 Å². The van der Waals surface area contributed by atoms with E-state index < -0.39 is 0 Å². The number of rotatable bonds is 5. The van der Waals surface area contributed by atoms with Crippen LogP contribution >= 0.6 is 11.3 Å². The minimum Gasteiger partial charge on any atom is -0.388 e. The lowest BCUT2D eigenvalue weighted by Crippen LogP contribution is -2.18. The number of anilines is 1. The average Bonchev–Trinajstić information content (AvgIpc) is 2.90. The molecule has 0 bridgehead atoms. The van der Waals surface area contributed by atoms with Gasteiger partial charge in [0.2, 0.25) is 0 Å². The maximum Gasteiger partial charge on any atom is 0.0807 e. The molecule has 3 heteroatoms. The number of para-hydroxylation sites is 1. The third-order valence-electron chi connectivity index (χ3n) is 3.07. The van der Waals surface area contributed by atoms with Gasteiger partial charge in [0.15, 0.2) is 0 Å². The van der Waals surface area contributed by atoms with Crippen LogP contribution in [0.4, 0.5) is 5.69 Å². The molecule has 18 heavy (non-hydrogen) atoms. The standard InChI is InChI=1S/C15H19NOS/c1-3-15(17)13-8-4-5-9-14(13)16(2)11-12-7-6-10-18-12/h4-10,15,17H,3,11H2,1-2H3/t15-/m0/s1. The van der Waals surface area contributed by atoms with Crippen LogP contribution in [0.15, 0.2) is 41.8 Å². The monoisotopic (exact) mass is 261 g/mol. The Morgan fingerprint density at radius 2 is 2.00 bits per heavy atom. The Labute approximate surface area is 113 Å². The van der Waals surface area contributed by atoms with E-state index in [2.05, 4.69) is 35.5 Å². The highest BCUT2D eigenvalue weighted by molar-refractivity contribution is 7.09. The van der Waals surface area contributed by atoms with Crippen LogP contribution in [-0.4, -0.2) is 12.2 Å². The summed E-state index contributed by atoms with van der Waals surface area (Å²) in [5.41, 5.74) is 2.12. The fourth-order valence-electron chi connectivity index (χ4n) is 2.06. The van der Waals surface area contributed by atoms with Crippen molar-refractivity contribution in [1.82, 2.24) is 0 Å². The molecule has 2 nitrogen and oxygen atoms in total. The summed E-state index contributed by atoms with van der Waals surface area (Å²) in [4.78, 5) is 3.53. The number of thiophene rings is 1. The normalized spacial score (nSPS) is 12.4. The Bertz CT molecular complexity index is 481. The van der Waals surface area contributed by atoms with Gasteiger partial charge in [0.25, 0.3) is 0 Å². The molecule has 0 unspecified atom stereocenters. The first-order chi connectivity index (χ1) is 8.72. The van der Waals surface area contributed by atoms with E-state index in [-0.39, 0.29) is 6.10 Å². The number of hydrogen-bond acceptors (Lipinski definition) is 3. The molecule has 1 atom stereocenters. The lowest BCUT2D eigenvalue weighted by Gasteiger charge is -2.23. The highest BCUT2D eigenvalue weighted by atomic mass is 32.1. The molecule has 0 aliphatic heterocycles. The predicted octanol–water partition coefficient (Wildman–Crippen LogP) is 3.83. The fraction of sp³-hybridized carbons (Fsp3) is 0.333. The van der Waals surface area contributed by atoms with E-state index in [4.69, 9.17) is 0 Å². The second kappa shape index (κ2) is 6.03. The largest absolute Gasteiger partial charge is 0.388 e. The third kappa shape index (κ3) is 2.92.